The number of carboxylic acid groups (broad SMARTS) is 1. The minimum absolute atomic E-state index is 0.0476. The van der Waals surface area contributed by atoms with Gasteiger partial charge in [0.05, 0.1) is 12.1 Å². The molecule has 2 N–H and O–H groups in total. The van der Waals surface area contributed by atoms with E-state index in [1.54, 1.807) is 0 Å². The van der Waals surface area contributed by atoms with Crippen LogP contribution in [0, 0.1) is 25.7 Å². The third-order valence-corrected chi connectivity index (χ3v) is 6.67. The summed E-state index contributed by atoms with van der Waals surface area (Å²) in [5, 5.41) is 16.8. The highest BCUT2D eigenvalue weighted by Crippen LogP contribution is 2.48. The predicted octanol–water partition coefficient (Wildman–Crippen LogP) is 6.54. The zero-order valence-electron chi connectivity index (χ0n) is 20.8. The number of carbonyl (C=O) groups is 2. The number of anilines is 1. The van der Waals surface area contributed by atoms with E-state index in [1.165, 1.54) is 6.42 Å². The van der Waals surface area contributed by atoms with Crippen molar-refractivity contribution in [1.29, 1.82) is 0 Å². The number of aliphatic carboxylic acids is 1. The molecule has 6 nitrogen and oxygen atoms in total. The second-order valence-corrected chi connectivity index (χ2v) is 10.5. The Bertz CT molecular complexity index is 986. The molecule has 3 rings (SSSR count). The molecule has 0 radical (unpaired) electrons. The van der Waals surface area contributed by atoms with Gasteiger partial charge in [0.1, 0.15) is 5.76 Å². The number of aromatic nitrogens is 1. The van der Waals surface area contributed by atoms with Crippen LogP contribution in [0.15, 0.2) is 22.7 Å². The Morgan fingerprint density at radius 1 is 1.15 bits per heavy atom. The molecule has 1 aromatic heterocycles. The van der Waals surface area contributed by atoms with E-state index in [0.717, 1.165) is 41.0 Å². The zero-order valence-corrected chi connectivity index (χ0v) is 20.8. The maximum atomic E-state index is 12.9. The van der Waals surface area contributed by atoms with E-state index in [4.69, 9.17) is 4.52 Å². The highest BCUT2D eigenvalue weighted by molar-refractivity contribution is 5.92. The van der Waals surface area contributed by atoms with Crippen LogP contribution in [0.25, 0.3) is 0 Å². The van der Waals surface area contributed by atoms with Crippen molar-refractivity contribution in [2.45, 2.75) is 91.4 Å². The normalized spacial score (nSPS) is 18.9. The lowest BCUT2D eigenvalue weighted by molar-refractivity contribution is -0.137. The van der Waals surface area contributed by atoms with Crippen LogP contribution < -0.4 is 5.32 Å². The molecule has 33 heavy (non-hydrogen) atoms. The highest BCUT2D eigenvalue weighted by Gasteiger charge is 2.38. The van der Waals surface area contributed by atoms with E-state index in [0.29, 0.717) is 23.4 Å². The molecule has 6 heteroatoms. The maximum absolute atomic E-state index is 12.9. The number of benzene rings is 1. The molecule has 0 unspecified atom stereocenters. The van der Waals surface area contributed by atoms with E-state index in [9.17, 15) is 14.7 Å². The number of hydrogen-bond acceptors (Lipinski definition) is 4. The average Bonchev–Trinajstić information content (AvgIpc) is 3.10. The van der Waals surface area contributed by atoms with Gasteiger partial charge < -0.3 is 14.9 Å². The molecule has 1 saturated carbocycles. The summed E-state index contributed by atoms with van der Waals surface area (Å²) in [4.78, 5) is 24.5. The monoisotopic (exact) mass is 454 g/mol. The lowest BCUT2D eigenvalue weighted by Gasteiger charge is -2.35. The first-order valence-corrected chi connectivity index (χ1v) is 12.1. The fourth-order valence-electron chi connectivity index (χ4n) is 5.16. The Balaban J connectivity index is 1.79. The van der Waals surface area contributed by atoms with Gasteiger partial charge in [-0.2, -0.15) is 0 Å². The van der Waals surface area contributed by atoms with Crippen molar-refractivity contribution in [3.05, 3.63) is 46.3 Å². The third kappa shape index (κ3) is 6.24. The van der Waals surface area contributed by atoms with Gasteiger partial charge in [-0.05, 0) is 62.5 Å². The van der Waals surface area contributed by atoms with E-state index in [1.807, 2.05) is 32.0 Å². The first-order chi connectivity index (χ1) is 15.5. The van der Waals surface area contributed by atoms with Crippen LogP contribution in [0.2, 0.25) is 0 Å². The summed E-state index contributed by atoms with van der Waals surface area (Å²) in [7, 11) is 0. The zero-order chi connectivity index (χ0) is 24.3. The van der Waals surface area contributed by atoms with Crippen LogP contribution in [0.4, 0.5) is 5.69 Å². The van der Waals surface area contributed by atoms with Gasteiger partial charge in [0.15, 0.2) is 0 Å². The van der Waals surface area contributed by atoms with Crippen molar-refractivity contribution >= 4 is 17.6 Å². The molecule has 1 aliphatic carbocycles. The summed E-state index contributed by atoms with van der Waals surface area (Å²) >= 11 is 0. The lowest BCUT2D eigenvalue weighted by Crippen LogP contribution is -2.24. The standard InChI is InChI=1S/C27H38N2O4/c1-15(2)9-19-11-21(12-19)27-25(16(3)4)26(29-33-27)20(14-24(31)32)13-23(30)28-22-8-7-17(5)10-18(22)6/h7-8,10,15-16,19-21H,9,11-14H2,1-6H3,(H,28,30)(H,31,32)/t19?,20-,21?/m1/s1. The maximum Gasteiger partial charge on any atom is 0.304 e. The summed E-state index contributed by atoms with van der Waals surface area (Å²) in [5.41, 5.74) is 4.47. The molecule has 0 aliphatic heterocycles. The van der Waals surface area contributed by atoms with Gasteiger partial charge >= 0.3 is 5.97 Å². The quantitative estimate of drug-likeness (QED) is 0.425. The van der Waals surface area contributed by atoms with E-state index in [2.05, 4.69) is 38.2 Å². The minimum atomic E-state index is -0.945. The predicted molar refractivity (Wildman–Crippen MR) is 130 cm³/mol. The van der Waals surface area contributed by atoms with Gasteiger partial charge in [-0.25, -0.2) is 0 Å². The van der Waals surface area contributed by atoms with E-state index >= 15 is 0 Å². The van der Waals surface area contributed by atoms with Gasteiger partial charge in [-0.15, -0.1) is 0 Å². The van der Waals surface area contributed by atoms with Crippen LogP contribution in [-0.4, -0.2) is 22.1 Å². The Morgan fingerprint density at radius 2 is 1.85 bits per heavy atom. The van der Waals surface area contributed by atoms with Crippen molar-refractivity contribution in [2.24, 2.45) is 11.8 Å². The first kappa shape index (κ1) is 25.0. The average molecular weight is 455 g/mol. The highest BCUT2D eigenvalue weighted by atomic mass is 16.5. The van der Waals surface area contributed by atoms with Crippen molar-refractivity contribution in [2.75, 3.05) is 5.32 Å². The van der Waals surface area contributed by atoms with Gasteiger partial charge in [0.25, 0.3) is 0 Å². The molecule has 0 spiro atoms. The van der Waals surface area contributed by atoms with E-state index in [-0.39, 0.29) is 24.7 Å². The van der Waals surface area contributed by atoms with Crippen molar-refractivity contribution in [1.82, 2.24) is 5.16 Å². The molecule has 1 aliphatic rings. The molecule has 1 fully saturated rings. The molecule has 0 saturated heterocycles. The summed E-state index contributed by atoms with van der Waals surface area (Å²) in [6.45, 7) is 12.6. The molecule has 1 atom stereocenters. The van der Waals surface area contributed by atoms with Crippen molar-refractivity contribution in [3.63, 3.8) is 0 Å². The second kappa shape index (κ2) is 10.5. The fraction of sp³-hybridized carbons (Fsp3) is 0.593. The lowest BCUT2D eigenvalue weighted by atomic mass is 9.69. The Morgan fingerprint density at radius 3 is 2.42 bits per heavy atom. The molecule has 0 bridgehead atoms. The molecule has 1 amide bonds. The van der Waals surface area contributed by atoms with Gasteiger partial charge in [0, 0.05) is 29.5 Å². The second-order valence-electron chi connectivity index (χ2n) is 10.5. The number of nitrogens with one attached hydrogen (secondary N) is 1. The number of hydrogen-bond donors (Lipinski definition) is 2. The van der Waals surface area contributed by atoms with Crippen LogP contribution in [0.1, 0.15) is 106 Å². The molecular weight excluding hydrogens is 416 g/mol. The molecule has 2 aromatic rings. The molecule has 1 heterocycles. The summed E-state index contributed by atoms with van der Waals surface area (Å²) in [5.74, 6) is 1.07. The number of carbonyl (C=O) groups excluding carboxylic acids is 1. The fourth-order valence-corrected chi connectivity index (χ4v) is 5.16. The number of rotatable bonds is 10. The third-order valence-electron chi connectivity index (χ3n) is 6.67. The van der Waals surface area contributed by atoms with Gasteiger partial charge in [-0.1, -0.05) is 50.5 Å². The van der Waals surface area contributed by atoms with Gasteiger partial charge in [-0.3, -0.25) is 9.59 Å². The Kier molecular flexibility index (Phi) is 7.98. The first-order valence-electron chi connectivity index (χ1n) is 12.1. The van der Waals surface area contributed by atoms with E-state index < -0.39 is 11.9 Å². The number of amides is 1. The summed E-state index contributed by atoms with van der Waals surface area (Å²) in [6, 6.07) is 5.84. The Labute approximate surface area is 197 Å². The topological polar surface area (TPSA) is 92.4 Å². The van der Waals surface area contributed by atoms with Crippen LogP contribution in [-0.2, 0) is 9.59 Å². The van der Waals surface area contributed by atoms with Crippen LogP contribution >= 0.6 is 0 Å². The molecular formula is C27H38N2O4. The molecule has 180 valence electrons. The SMILES string of the molecule is Cc1ccc(NC(=O)C[C@H](CC(=O)O)c2noc(C3CC(CC(C)C)C3)c2C(C)C)c(C)c1. The summed E-state index contributed by atoms with van der Waals surface area (Å²) in [6.07, 6.45) is 3.28. The molecule has 1 aromatic carbocycles. The number of carboxylic acids is 1. The minimum Gasteiger partial charge on any atom is -0.481 e. The number of aryl methyl sites for hydroxylation is 2. The van der Waals surface area contributed by atoms with Gasteiger partial charge in [0.2, 0.25) is 5.91 Å². The van der Waals surface area contributed by atoms with Crippen LogP contribution in [0.5, 0.6) is 0 Å². The summed E-state index contributed by atoms with van der Waals surface area (Å²) < 4.78 is 5.83. The number of nitrogens with zero attached hydrogens (tertiary/aromatic N) is 1. The van der Waals surface area contributed by atoms with Crippen LogP contribution in [0.3, 0.4) is 0 Å². The Hall–Kier alpha value is -2.63. The van der Waals surface area contributed by atoms with Crippen molar-refractivity contribution in [3.8, 4) is 0 Å². The van der Waals surface area contributed by atoms with Crippen molar-refractivity contribution < 1.29 is 19.2 Å². The smallest absolute Gasteiger partial charge is 0.304 e. The largest absolute Gasteiger partial charge is 0.481 e.